The van der Waals surface area contributed by atoms with Gasteiger partial charge in [0.2, 0.25) is 5.91 Å². The van der Waals surface area contributed by atoms with E-state index in [0.29, 0.717) is 18.9 Å². The molecule has 2 atom stereocenters. The third kappa shape index (κ3) is 3.47. The number of nitrogens with one attached hydrogen (secondary N) is 1. The monoisotopic (exact) mass is 252 g/mol. The first kappa shape index (κ1) is 13.9. The van der Waals surface area contributed by atoms with Gasteiger partial charge in [-0.1, -0.05) is 32.6 Å². The standard InChI is InChI=1S/C15H28N2O/c1-12-5-4-6-13(9-12)10-14(18)17-15(11-16)7-2-3-8-15/h12-13H,2-11,16H2,1H3,(H,17,18). The summed E-state index contributed by atoms with van der Waals surface area (Å²) in [5.74, 6) is 1.64. The SMILES string of the molecule is CC1CCCC(CC(=O)NC2(CN)CCCC2)C1. The summed E-state index contributed by atoms with van der Waals surface area (Å²) in [5, 5.41) is 3.24. The van der Waals surface area contributed by atoms with Gasteiger partial charge in [0.1, 0.15) is 0 Å². The molecule has 0 radical (unpaired) electrons. The first-order valence-electron chi connectivity index (χ1n) is 7.65. The second kappa shape index (κ2) is 6.05. The van der Waals surface area contributed by atoms with Crippen LogP contribution in [0.4, 0.5) is 0 Å². The first-order valence-corrected chi connectivity index (χ1v) is 7.65. The molecule has 0 aromatic heterocycles. The van der Waals surface area contributed by atoms with Gasteiger partial charge in [-0.15, -0.1) is 0 Å². The summed E-state index contributed by atoms with van der Waals surface area (Å²) in [6, 6.07) is 0. The Morgan fingerprint density at radius 2 is 2.00 bits per heavy atom. The van der Waals surface area contributed by atoms with Crippen LogP contribution in [0.5, 0.6) is 0 Å². The zero-order chi connectivity index (χ0) is 13.0. The summed E-state index contributed by atoms with van der Waals surface area (Å²) in [7, 11) is 0. The second-order valence-electron chi connectivity index (χ2n) is 6.58. The maximum atomic E-state index is 12.2. The summed E-state index contributed by atoms with van der Waals surface area (Å²) in [6.07, 6.45) is 10.3. The van der Waals surface area contributed by atoms with Crippen LogP contribution in [0.15, 0.2) is 0 Å². The molecule has 18 heavy (non-hydrogen) atoms. The van der Waals surface area contributed by atoms with Gasteiger partial charge >= 0.3 is 0 Å². The zero-order valence-electron chi connectivity index (χ0n) is 11.7. The van der Waals surface area contributed by atoms with E-state index in [9.17, 15) is 4.79 Å². The maximum Gasteiger partial charge on any atom is 0.220 e. The molecule has 2 aliphatic carbocycles. The Morgan fingerprint density at radius 1 is 1.28 bits per heavy atom. The molecule has 2 saturated carbocycles. The summed E-state index contributed by atoms with van der Waals surface area (Å²) >= 11 is 0. The number of nitrogens with two attached hydrogens (primary N) is 1. The van der Waals surface area contributed by atoms with Crippen molar-refractivity contribution in [2.24, 2.45) is 17.6 Å². The Hall–Kier alpha value is -0.570. The van der Waals surface area contributed by atoms with Gasteiger partial charge in [0.05, 0.1) is 5.54 Å². The van der Waals surface area contributed by atoms with Crippen molar-refractivity contribution in [3.05, 3.63) is 0 Å². The van der Waals surface area contributed by atoms with E-state index in [0.717, 1.165) is 18.8 Å². The van der Waals surface area contributed by atoms with Gasteiger partial charge in [-0.05, 0) is 37.5 Å². The third-order valence-corrected chi connectivity index (χ3v) is 4.88. The molecule has 1 amide bonds. The first-order chi connectivity index (χ1) is 8.63. The van der Waals surface area contributed by atoms with E-state index in [4.69, 9.17) is 5.73 Å². The van der Waals surface area contributed by atoms with Crippen molar-refractivity contribution in [1.82, 2.24) is 5.32 Å². The predicted molar refractivity (Wildman–Crippen MR) is 74.1 cm³/mol. The van der Waals surface area contributed by atoms with Crippen LogP contribution >= 0.6 is 0 Å². The minimum atomic E-state index is -0.0721. The maximum absolute atomic E-state index is 12.2. The van der Waals surface area contributed by atoms with Crippen LogP contribution in [0, 0.1) is 11.8 Å². The van der Waals surface area contributed by atoms with Crippen LogP contribution in [0.1, 0.15) is 64.7 Å². The summed E-state index contributed by atoms with van der Waals surface area (Å²) in [5.41, 5.74) is 5.79. The lowest BCUT2D eigenvalue weighted by atomic mass is 9.80. The lowest BCUT2D eigenvalue weighted by Crippen LogP contribution is -2.52. The van der Waals surface area contributed by atoms with Crippen LogP contribution in [-0.4, -0.2) is 18.0 Å². The average molecular weight is 252 g/mol. The molecule has 0 aromatic carbocycles. The van der Waals surface area contributed by atoms with Gasteiger partial charge in [-0.25, -0.2) is 0 Å². The molecule has 0 spiro atoms. The number of carbonyl (C=O) groups is 1. The number of amides is 1. The third-order valence-electron chi connectivity index (χ3n) is 4.88. The van der Waals surface area contributed by atoms with Crippen LogP contribution in [0.2, 0.25) is 0 Å². The molecule has 3 N–H and O–H groups in total. The fraction of sp³-hybridized carbons (Fsp3) is 0.933. The van der Waals surface area contributed by atoms with Crippen molar-refractivity contribution in [2.45, 2.75) is 70.3 Å². The number of hydrogen-bond donors (Lipinski definition) is 2. The highest BCUT2D eigenvalue weighted by Crippen LogP contribution is 2.32. The topological polar surface area (TPSA) is 55.1 Å². The minimum absolute atomic E-state index is 0.0721. The van der Waals surface area contributed by atoms with Crippen molar-refractivity contribution >= 4 is 5.91 Å². The summed E-state index contributed by atoms with van der Waals surface area (Å²) in [4.78, 5) is 12.2. The molecule has 0 heterocycles. The van der Waals surface area contributed by atoms with E-state index in [1.807, 2.05) is 0 Å². The minimum Gasteiger partial charge on any atom is -0.349 e. The molecule has 3 heteroatoms. The largest absolute Gasteiger partial charge is 0.349 e. The Bertz CT molecular complexity index is 284. The number of hydrogen-bond acceptors (Lipinski definition) is 2. The summed E-state index contributed by atoms with van der Waals surface area (Å²) in [6.45, 7) is 2.90. The average Bonchev–Trinajstić information content (AvgIpc) is 2.78. The van der Waals surface area contributed by atoms with Gasteiger partial charge in [0.25, 0.3) is 0 Å². The molecule has 2 fully saturated rings. The highest BCUT2D eigenvalue weighted by Gasteiger charge is 2.34. The van der Waals surface area contributed by atoms with E-state index in [1.54, 1.807) is 0 Å². The number of rotatable bonds is 4. The van der Waals surface area contributed by atoms with Crippen LogP contribution < -0.4 is 11.1 Å². The van der Waals surface area contributed by atoms with E-state index in [2.05, 4.69) is 12.2 Å². The molecular formula is C15H28N2O. The Balaban J connectivity index is 1.80. The molecule has 0 aliphatic heterocycles. The van der Waals surface area contributed by atoms with Crippen molar-refractivity contribution in [3.63, 3.8) is 0 Å². The van der Waals surface area contributed by atoms with Gasteiger partial charge in [-0.2, -0.15) is 0 Å². The lowest BCUT2D eigenvalue weighted by molar-refractivity contribution is -0.124. The van der Waals surface area contributed by atoms with Crippen LogP contribution in [0.25, 0.3) is 0 Å². The Morgan fingerprint density at radius 3 is 2.61 bits per heavy atom. The quantitative estimate of drug-likeness (QED) is 0.808. The molecule has 2 unspecified atom stereocenters. The molecule has 2 rings (SSSR count). The predicted octanol–water partition coefficient (Wildman–Crippen LogP) is 2.59. The van der Waals surface area contributed by atoms with E-state index in [1.165, 1.54) is 38.5 Å². The van der Waals surface area contributed by atoms with Crippen LogP contribution in [-0.2, 0) is 4.79 Å². The smallest absolute Gasteiger partial charge is 0.220 e. The lowest BCUT2D eigenvalue weighted by Gasteiger charge is -2.31. The molecular weight excluding hydrogens is 224 g/mol. The zero-order valence-corrected chi connectivity index (χ0v) is 11.7. The van der Waals surface area contributed by atoms with Crippen molar-refractivity contribution in [1.29, 1.82) is 0 Å². The molecule has 2 aliphatic rings. The van der Waals surface area contributed by atoms with Crippen molar-refractivity contribution in [2.75, 3.05) is 6.54 Å². The van der Waals surface area contributed by atoms with Gasteiger partial charge < -0.3 is 11.1 Å². The fourth-order valence-corrected chi connectivity index (χ4v) is 3.79. The van der Waals surface area contributed by atoms with Gasteiger partial charge in [-0.3, -0.25) is 4.79 Å². The molecule has 104 valence electrons. The van der Waals surface area contributed by atoms with E-state index < -0.39 is 0 Å². The highest BCUT2D eigenvalue weighted by atomic mass is 16.1. The second-order valence-corrected chi connectivity index (χ2v) is 6.58. The molecule has 3 nitrogen and oxygen atoms in total. The molecule has 0 aromatic rings. The fourth-order valence-electron chi connectivity index (χ4n) is 3.79. The normalized spacial score (nSPS) is 31.2. The highest BCUT2D eigenvalue weighted by molar-refractivity contribution is 5.77. The van der Waals surface area contributed by atoms with Crippen molar-refractivity contribution < 1.29 is 4.79 Å². The van der Waals surface area contributed by atoms with Gasteiger partial charge in [0.15, 0.2) is 0 Å². The molecule has 0 bridgehead atoms. The van der Waals surface area contributed by atoms with E-state index in [-0.39, 0.29) is 11.4 Å². The van der Waals surface area contributed by atoms with Gasteiger partial charge in [0, 0.05) is 13.0 Å². The summed E-state index contributed by atoms with van der Waals surface area (Å²) < 4.78 is 0. The molecule has 0 saturated heterocycles. The van der Waals surface area contributed by atoms with E-state index >= 15 is 0 Å². The Labute approximate surface area is 111 Å². The van der Waals surface area contributed by atoms with Crippen molar-refractivity contribution in [3.8, 4) is 0 Å². The Kier molecular flexibility index (Phi) is 4.66. The number of carbonyl (C=O) groups excluding carboxylic acids is 1. The van der Waals surface area contributed by atoms with Crippen LogP contribution in [0.3, 0.4) is 0 Å².